The van der Waals surface area contributed by atoms with Gasteiger partial charge in [-0.3, -0.25) is 0 Å². The van der Waals surface area contributed by atoms with Crippen LogP contribution in [-0.4, -0.2) is 67.9 Å². The van der Waals surface area contributed by atoms with E-state index < -0.39 is 12.3 Å². The van der Waals surface area contributed by atoms with Crippen molar-refractivity contribution in [2.75, 3.05) is 32.1 Å². The molecule has 1 aromatic rings. The van der Waals surface area contributed by atoms with Gasteiger partial charge in [-0.1, -0.05) is 25.4 Å². The molecule has 1 amide bonds. The molecule has 2 heterocycles. The maximum Gasteiger partial charge on any atom is 0.410 e. The van der Waals surface area contributed by atoms with Crippen LogP contribution >= 0.6 is 11.6 Å². The number of hydrogen-bond acceptors (Lipinski definition) is 8. The molecule has 4 unspecified atom stereocenters. The van der Waals surface area contributed by atoms with Gasteiger partial charge in [0.2, 0.25) is 5.90 Å². The smallest absolute Gasteiger partial charge is 0.410 e. The van der Waals surface area contributed by atoms with Crippen LogP contribution in [0.3, 0.4) is 0 Å². The molecule has 0 spiro atoms. The normalized spacial score (nSPS) is 29.1. The van der Waals surface area contributed by atoms with Gasteiger partial charge in [0.25, 0.3) is 0 Å². The van der Waals surface area contributed by atoms with Crippen molar-refractivity contribution in [2.45, 2.75) is 57.9 Å². The number of amides is 1. The second-order valence-corrected chi connectivity index (χ2v) is 10.5. The van der Waals surface area contributed by atoms with Gasteiger partial charge in [-0.2, -0.15) is 5.26 Å². The van der Waals surface area contributed by atoms with Crippen molar-refractivity contribution in [3.63, 3.8) is 0 Å². The molecule has 3 aliphatic rings. The third-order valence-corrected chi connectivity index (χ3v) is 7.64. The van der Waals surface area contributed by atoms with Crippen LogP contribution in [0.4, 0.5) is 10.5 Å². The molecule has 4 atom stereocenters. The van der Waals surface area contributed by atoms with Gasteiger partial charge in [-0.15, -0.1) is 0 Å². The summed E-state index contributed by atoms with van der Waals surface area (Å²) in [5, 5.41) is 12.7. The van der Waals surface area contributed by atoms with Crippen LogP contribution in [0.25, 0.3) is 0 Å². The predicted octanol–water partition coefficient (Wildman–Crippen LogP) is 4.46. The van der Waals surface area contributed by atoms with E-state index in [9.17, 15) is 4.79 Å². The van der Waals surface area contributed by atoms with Gasteiger partial charge < -0.3 is 24.4 Å². The Labute approximate surface area is 211 Å². The number of carbonyl (C=O) groups excluding carboxylic acids is 1. The molecular weight excluding hydrogens is 470 g/mol. The van der Waals surface area contributed by atoms with Crippen LogP contribution in [0.1, 0.15) is 45.6 Å². The lowest BCUT2D eigenvalue weighted by atomic mass is 9.73. The zero-order valence-corrected chi connectivity index (χ0v) is 21.3. The topological polar surface area (TPSA) is 109 Å². The molecular formula is C25H32ClN5O4. The molecule has 35 heavy (non-hydrogen) atoms. The average molecular weight is 502 g/mol. The first kappa shape index (κ1) is 25.3. The molecule has 0 bridgehead atoms. The number of nitrogens with one attached hydrogen (secondary N) is 1. The zero-order chi connectivity index (χ0) is 25.2. The highest BCUT2D eigenvalue weighted by Gasteiger charge is 2.45. The summed E-state index contributed by atoms with van der Waals surface area (Å²) in [7, 11) is 1.58. The molecule has 4 rings (SSSR count). The number of aliphatic imine (C=N–C) groups is 2. The summed E-state index contributed by atoms with van der Waals surface area (Å²) >= 11 is 6.32. The van der Waals surface area contributed by atoms with Crippen molar-refractivity contribution in [3.8, 4) is 6.07 Å². The molecule has 1 saturated carbocycles. The van der Waals surface area contributed by atoms with E-state index in [0.29, 0.717) is 41.9 Å². The molecule has 10 heteroatoms. The minimum atomic E-state index is -0.556. The Hall–Kier alpha value is -2.83. The molecule has 2 fully saturated rings. The monoisotopic (exact) mass is 501 g/mol. The molecule has 9 nitrogen and oxygen atoms in total. The molecule has 0 aromatic heterocycles. The van der Waals surface area contributed by atoms with E-state index in [1.165, 1.54) is 6.34 Å². The fourth-order valence-electron chi connectivity index (χ4n) is 4.22. The lowest BCUT2D eigenvalue weighted by Gasteiger charge is -2.44. The Morgan fingerprint density at radius 2 is 2.11 bits per heavy atom. The van der Waals surface area contributed by atoms with Crippen LogP contribution in [-0.2, 0) is 14.2 Å². The van der Waals surface area contributed by atoms with E-state index >= 15 is 0 Å². The number of hydrogen-bond donors (Lipinski definition) is 1. The Morgan fingerprint density at radius 3 is 2.74 bits per heavy atom. The standard InChI is InChI=1S/C25H32ClN5O4/c1-16-13-31(23(32)35-25(3)7-8-25)10-9-24(16,2)14-34-22-20(33-4)21(28-15-29-22)30-19-6-5-17(12-27)11-18(19)26/h5-6,11,15-16,20-21,30H,7-10,13-14H2,1-4H3. The van der Waals surface area contributed by atoms with E-state index in [1.807, 2.05) is 6.92 Å². The average Bonchev–Trinajstić information content (AvgIpc) is 3.57. The van der Waals surface area contributed by atoms with Crippen LogP contribution in [0, 0.1) is 22.7 Å². The van der Waals surface area contributed by atoms with E-state index in [0.717, 1.165) is 19.3 Å². The number of nitriles is 1. The van der Waals surface area contributed by atoms with E-state index in [-0.39, 0.29) is 23.0 Å². The van der Waals surface area contributed by atoms with Gasteiger partial charge in [0.05, 0.1) is 28.9 Å². The maximum atomic E-state index is 12.5. The number of carbonyl (C=O) groups is 1. The largest absolute Gasteiger partial charge is 0.478 e. The van der Waals surface area contributed by atoms with Crippen molar-refractivity contribution in [1.82, 2.24) is 4.90 Å². The van der Waals surface area contributed by atoms with Gasteiger partial charge in [0.15, 0.2) is 12.3 Å². The lowest BCUT2D eigenvalue weighted by molar-refractivity contribution is -0.00656. The Kier molecular flexibility index (Phi) is 7.25. The summed E-state index contributed by atoms with van der Waals surface area (Å²) in [4.78, 5) is 23.1. The van der Waals surface area contributed by atoms with Crippen LogP contribution in [0.15, 0.2) is 28.2 Å². The summed E-state index contributed by atoms with van der Waals surface area (Å²) in [5.74, 6) is 0.641. The SMILES string of the molecule is COC1C(OCC2(C)CCN(C(=O)OC3(C)CC3)CC2C)=NC=NC1Nc1ccc(C#N)cc1Cl. The fourth-order valence-corrected chi connectivity index (χ4v) is 4.46. The molecule has 188 valence electrons. The summed E-state index contributed by atoms with van der Waals surface area (Å²) in [6.45, 7) is 7.98. The van der Waals surface area contributed by atoms with Gasteiger partial charge >= 0.3 is 6.09 Å². The molecule has 2 aliphatic heterocycles. The number of piperidine rings is 1. The molecule has 1 N–H and O–H groups in total. The maximum absolute atomic E-state index is 12.5. The van der Waals surface area contributed by atoms with Crippen molar-refractivity contribution in [1.29, 1.82) is 5.26 Å². The van der Waals surface area contributed by atoms with E-state index in [4.69, 9.17) is 31.1 Å². The van der Waals surface area contributed by atoms with Gasteiger partial charge in [0, 0.05) is 25.6 Å². The second kappa shape index (κ2) is 10.0. The first-order valence-corrected chi connectivity index (χ1v) is 12.2. The number of methoxy groups -OCH3 is 1. The molecule has 1 saturated heterocycles. The van der Waals surface area contributed by atoms with Crippen molar-refractivity contribution in [3.05, 3.63) is 28.8 Å². The highest BCUT2D eigenvalue weighted by atomic mass is 35.5. The second-order valence-electron chi connectivity index (χ2n) is 10.1. The fraction of sp³-hybridized carbons (Fsp3) is 0.600. The number of likely N-dealkylation sites (tertiary alicyclic amines) is 1. The summed E-state index contributed by atoms with van der Waals surface area (Å²) < 4.78 is 17.5. The number of anilines is 1. The summed E-state index contributed by atoms with van der Waals surface area (Å²) in [6, 6.07) is 7.08. The van der Waals surface area contributed by atoms with Crippen molar-refractivity contribution in [2.24, 2.45) is 21.3 Å². The van der Waals surface area contributed by atoms with Gasteiger partial charge in [-0.25, -0.2) is 14.8 Å². The summed E-state index contributed by atoms with van der Waals surface area (Å²) in [5.41, 5.74) is 0.697. The minimum absolute atomic E-state index is 0.144. The van der Waals surface area contributed by atoms with Crippen molar-refractivity contribution < 1.29 is 19.0 Å². The van der Waals surface area contributed by atoms with Crippen LogP contribution in [0.5, 0.6) is 0 Å². The third-order valence-electron chi connectivity index (χ3n) is 7.33. The Morgan fingerprint density at radius 1 is 1.34 bits per heavy atom. The minimum Gasteiger partial charge on any atom is -0.478 e. The number of benzene rings is 1. The van der Waals surface area contributed by atoms with Gasteiger partial charge in [-0.05, 0) is 50.3 Å². The number of halogens is 1. The van der Waals surface area contributed by atoms with Crippen LogP contribution in [0.2, 0.25) is 5.02 Å². The first-order chi connectivity index (χ1) is 16.7. The van der Waals surface area contributed by atoms with Crippen molar-refractivity contribution >= 4 is 35.6 Å². The number of ether oxygens (including phenoxy) is 3. The van der Waals surface area contributed by atoms with Gasteiger partial charge in [0.1, 0.15) is 11.9 Å². The quantitative estimate of drug-likeness (QED) is 0.616. The Bertz CT molecular complexity index is 1070. The highest BCUT2D eigenvalue weighted by Crippen LogP contribution is 2.41. The van der Waals surface area contributed by atoms with E-state index in [2.05, 4.69) is 35.2 Å². The zero-order valence-electron chi connectivity index (χ0n) is 20.6. The summed E-state index contributed by atoms with van der Waals surface area (Å²) in [6.07, 6.45) is 2.84. The molecule has 0 radical (unpaired) electrons. The lowest BCUT2D eigenvalue weighted by Crippen LogP contribution is -2.51. The Balaban J connectivity index is 1.35. The predicted molar refractivity (Wildman–Crippen MR) is 134 cm³/mol. The number of rotatable bonds is 6. The third kappa shape index (κ3) is 5.71. The number of nitrogens with zero attached hydrogens (tertiary/aromatic N) is 4. The highest BCUT2D eigenvalue weighted by molar-refractivity contribution is 6.33. The molecule has 1 aliphatic carbocycles. The van der Waals surface area contributed by atoms with Crippen LogP contribution < -0.4 is 5.32 Å². The molecule has 1 aromatic carbocycles. The first-order valence-electron chi connectivity index (χ1n) is 11.9. The van der Waals surface area contributed by atoms with E-state index in [1.54, 1.807) is 30.2 Å².